The predicted octanol–water partition coefficient (Wildman–Crippen LogP) is 0.404. The highest BCUT2D eigenvalue weighted by atomic mass is 32.2. The molecule has 1 aliphatic heterocycles. The topological polar surface area (TPSA) is 70.2 Å². The first-order valence-corrected chi connectivity index (χ1v) is 6.85. The average Bonchev–Trinajstić information content (AvgIpc) is 2.91. The molecule has 1 fully saturated rings. The van der Waals surface area contributed by atoms with E-state index in [0.717, 1.165) is 17.3 Å². The fourth-order valence-electron chi connectivity index (χ4n) is 1.58. The summed E-state index contributed by atoms with van der Waals surface area (Å²) < 4.78 is 0. The molecular formula is C12H15N3O2S. The van der Waals surface area contributed by atoms with Gasteiger partial charge in [-0.05, 0) is 12.1 Å². The lowest BCUT2D eigenvalue weighted by Gasteiger charge is -2.10. The van der Waals surface area contributed by atoms with Crippen LogP contribution in [0.2, 0.25) is 0 Å². The summed E-state index contributed by atoms with van der Waals surface area (Å²) in [7, 11) is 0. The fourth-order valence-corrected chi connectivity index (χ4v) is 2.52. The number of carbonyl (C=O) groups is 2. The van der Waals surface area contributed by atoms with Crippen LogP contribution in [0.3, 0.4) is 0 Å². The minimum atomic E-state index is -0.222. The average molecular weight is 265 g/mol. The Balaban J connectivity index is 1.73. The Morgan fingerprint density at radius 3 is 2.78 bits per heavy atom. The molecule has 96 valence electrons. The van der Waals surface area contributed by atoms with Gasteiger partial charge in [-0.3, -0.25) is 14.9 Å². The van der Waals surface area contributed by atoms with E-state index in [9.17, 15) is 9.59 Å². The summed E-state index contributed by atoms with van der Waals surface area (Å²) in [6.07, 6.45) is 0. The van der Waals surface area contributed by atoms with Crippen molar-refractivity contribution in [3.8, 4) is 0 Å². The van der Waals surface area contributed by atoms with E-state index in [2.05, 4.69) is 16.0 Å². The van der Waals surface area contributed by atoms with Gasteiger partial charge in [0.15, 0.2) is 0 Å². The van der Waals surface area contributed by atoms with Gasteiger partial charge in [-0.15, -0.1) is 11.8 Å². The highest BCUT2D eigenvalue weighted by Gasteiger charge is 2.22. The third-order valence-electron chi connectivity index (χ3n) is 2.51. The van der Waals surface area contributed by atoms with Crippen LogP contribution in [0, 0.1) is 0 Å². The molecule has 5 nitrogen and oxygen atoms in total. The van der Waals surface area contributed by atoms with Crippen molar-refractivity contribution in [1.29, 1.82) is 0 Å². The smallest absolute Gasteiger partial charge is 0.243 e. The van der Waals surface area contributed by atoms with Gasteiger partial charge in [-0.25, -0.2) is 0 Å². The van der Waals surface area contributed by atoms with Crippen molar-refractivity contribution in [2.45, 2.75) is 6.04 Å². The predicted molar refractivity (Wildman–Crippen MR) is 72.3 cm³/mol. The number of amides is 2. The largest absolute Gasteiger partial charge is 0.346 e. The monoisotopic (exact) mass is 265 g/mol. The van der Waals surface area contributed by atoms with Crippen molar-refractivity contribution in [3.63, 3.8) is 0 Å². The van der Waals surface area contributed by atoms with Gasteiger partial charge in [-0.1, -0.05) is 18.2 Å². The molecule has 0 aromatic heterocycles. The maximum Gasteiger partial charge on any atom is 0.243 e. The molecule has 1 aromatic rings. The summed E-state index contributed by atoms with van der Waals surface area (Å²) in [6.45, 7) is -0.00340. The number of hydrogen-bond acceptors (Lipinski definition) is 4. The number of carbonyl (C=O) groups excluding carboxylic acids is 2. The van der Waals surface area contributed by atoms with Crippen molar-refractivity contribution in [2.24, 2.45) is 0 Å². The van der Waals surface area contributed by atoms with Crippen molar-refractivity contribution >= 4 is 29.3 Å². The molecule has 0 aliphatic carbocycles. The lowest BCUT2D eigenvalue weighted by Crippen LogP contribution is -2.44. The third kappa shape index (κ3) is 3.75. The SMILES string of the molecule is O=C(CNC(=O)C1CSCN1)Nc1ccccc1. The van der Waals surface area contributed by atoms with E-state index >= 15 is 0 Å². The van der Waals surface area contributed by atoms with Gasteiger partial charge in [0.2, 0.25) is 11.8 Å². The van der Waals surface area contributed by atoms with Gasteiger partial charge in [0.25, 0.3) is 0 Å². The lowest BCUT2D eigenvalue weighted by atomic mass is 10.3. The first-order valence-electron chi connectivity index (χ1n) is 5.69. The molecule has 1 atom stereocenters. The second-order valence-corrected chi connectivity index (χ2v) is 4.93. The van der Waals surface area contributed by atoms with Crippen LogP contribution in [0.15, 0.2) is 30.3 Å². The van der Waals surface area contributed by atoms with Crippen LogP contribution in [-0.4, -0.2) is 36.0 Å². The first kappa shape index (κ1) is 12.9. The van der Waals surface area contributed by atoms with Crippen LogP contribution in [0.1, 0.15) is 0 Å². The second-order valence-electron chi connectivity index (χ2n) is 3.90. The molecule has 1 aromatic carbocycles. The van der Waals surface area contributed by atoms with Crippen LogP contribution < -0.4 is 16.0 Å². The van der Waals surface area contributed by atoms with E-state index in [1.165, 1.54) is 0 Å². The fraction of sp³-hybridized carbons (Fsp3) is 0.333. The summed E-state index contributed by atoms with van der Waals surface area (Å²) in [5, 5.41) is 8.38. The Morgan fingerprint density at radius 2 is 2.11 bits per heavy atom. The molecule has 2 rings (SSSR count). The minimum Gasteiger partial charge on any atom is -0.346 e. The summed E-state index contributed by atoms with van der Waals surface area (Å²) in [6, 6.07) is 8.98. The van der Waals surface area contributed by atoms with Crippen LogP contribution >= 0.6 is 11.8 Å². The normalized spacial score (nSPS) is 18.3. The zero-order valence-corrected chi connectivity index (χ0v) is 10.6. The Hall–Kier alpha value is -1.53. The first-order chi connectivity index (χ1) is 8.75. The number of para-hydroxylation sites is 1. The molecule has 1 heterocycles. The highest BCUT2D eigenvalue weighted by Crippen LogP contribution is 2.09. The van der Waals surface area contributed by atoms with Crippen molar-refractivity contribution in [3.05, 3.63) is 30.3 Å². The molecule has 0 radical (unpaired) electrons. The van der Waals surface area contributed by atoms with Crippen molar-refractivity contribution in [2.75, 3.05) is 23.5 Å². The van der Waals surface area contributed by atoms with E-state index in [1.54, 1.807) is 23.9 Å². The number of nitrogens with one attached hydrogen (secondary N) is 3. The zero-order valence-electron chi connectivity index (χ0n) is 9.81. The standard InChI is InChI=1S/C12H15N3O2S/c16-11(15-9-4-2-1-3-5-9)6-13-12(17)10-7-18-8-14-10/h1-5,10,14H,6-8H2,(H,13,17)(H,15,16). The molecular weight excluding hydrogens is 250 g/mol. The molecule has 0 saturated carbocycles. The molecule has 0 spiro atoms. The van der Waals surface area contributed by atoms with Gasteiger partial charge in [0, 0.05) is 17.3 Å². The van der Waals surface area contributed by atoms with Gasteiger partial charge < -0.3 is 10.6 Å². The van der Waals surface area contributed by atoms with Crippen molar-refractivity contribution < 1.29 is 9.59 Å². The molecule has 1 saturated heterocycles. The van der Waals surface area contributed by atoms with E-state index in [0.29, 0.717) is 0 Å². The molecule has 0 bridgehead atoms. The number of thioether (sulfide) groups is 1. The number of anilines is 1. The summed E-state index contributed by atoms with van der Waals surface area (Å²) in [4.78, 5) is 23.2. The van der Waals surface area contributed by atoms with Gasteiger partial charge in [-0.2, -0.15) is 0 Å². The summed E-state index contributed by atoms with van der Waals surface area (Å²) >= 11 is 1.67. The van der Waals surface area contributed by atoms with Gasteiger partial charge in [0.05, 0.1) is 12.6 Å². The maximum absolute atomic E-state index is 11.6. The van der Waals surface area contributed by atoms with Crippen LogP contribution in [0.5, 0.6) is 0 Å². The van der Waals surface area contributed by atoms with Gasteiger partial charge >= 0.3 is 0 Å². The summed E-state index contributed by atoms with van der Waals surface area (Å²) in [5.41, 5.74) is 0.728. The van der Waals surface area contributed by atoms with Gasteiger partial charge in [0.1, 0.15) is 0 Å². The number of rotatable bonds is 4. The molecule has 1 aliphatic rings. The van der Waals surface area contributed by atoms with E-state index in [1.807, 2.05) is 18.2 Å². The molecule has 6 heteroatoms. The van der Waals surface area contributed by atoms with Crippen LogP contribution in [-0.2, 0) is 9.59 Å². The minimum absolute atomic E-state index is 0.00340. The second kappa shape index (κ2) is 6.42. The molecule has 2 amide bonds. The van der Waals surface area contributed by atoms with Crippen LogP contribution in [0.4, 0.5) is 5.69 Å². The Labute approximate surface area is 110 Å². The quantitative estimate of drug-likeness (QED) is 0.737. The number of hydrogen-bond donors (Lipinski definition) is 3. The van der Waals surface area contributed by atoms with E-state index < -0.39 is 0 Å². The maximum atomic E-state index is 11.6. The van der Waals surface area contributed by atoms with E-state index in [-0.39, 0.29) is 24.4 Å². The molecule has 3 N–H and O–H groups in total. The van der Waals surface area contributed by atoms with E-state index in [4.69, 9.17) is 0 Å². The highest BCUT2D eigenvalue weighted by molar-refractivity contribution is 7.99. The van der Waals surface area contributed by atoms with Crippen molar-refractivity contribution in [1.82, 2.24) is 10.6 Å². The lowest BCUT2D eigenvalue weighted by molar-refractivity contribution is -0.125. The Kier molecular flexibility index (Phi) is 4.60. The molecule has 1 unspecified atom stereocenters. The summed E-state index contributed by atoms with van der Waals surface area (Å²) in [5.74, 6) is 1.20. The third-order valence-corrected chi connectivity index (χ3v) is 3.45. The Morgan fingerprint density at radius 1 is 1.33 bits per heavy atom. The zero-order chi connectivity index (χ0) is 12.8. The Bertz CT molecular complexity index is 419. The molecule has 18 heavy (non-hydrogen) atoms. The number of benzene rings is 1. The van der Waals surface area contributed by atoms with Crippen LogP contribution in [0.25, 0.3) is 0 Å².